The first-order valence-corrected chi connectivity index (χ1v) is 9.31. The molecular weight excluding hydrogens is 344 g/mol. The molecule has 0 radical (unpaired) electrons. The van der Waals surface area contributed by atoms with Gasteiger partial charge in [-0.25, -0.2) is 4.98 Å². The van der Waals surface area contributed by atoms with Crippen molar-refractivity contribution >= 4 is 5.96 Å². The predicted octanol–water partition coefficient (Wildman–Crippen LogP) is 2.04. The summed E-state index contributed by atoms with van der Waals surface area (Å²) in [5.41, 5.74) is 0. The van der Waals surface area contributed by atoms with Crippen molar-refractivity contribution in [1.29, 1.82) is 0 Å². The van der Waals surface area contributed by atoms with E-state index in [1.807, 2.05) is 38.2 Å². The Kier molecular flexibility index (Phi) is 6.51. The highest BCUT2D eigenvalue weighted by Gasteiger charge is 2.24. The van der Waals surface area contributed by atoms with E-state index in [1.165, 1.54) is 0 Å². The topological polar surface area (TPSA) is 87.7 Å². The zero-order valence-corrected chi connectivity index (χ0v) is 16.2. The molecule has 1 aromatic heterocycles. The molecule has 0 bridgehead atoms. The van der Waals surface area contributed by atoms with Gasteiger partial charge in [0.05, 0.1) is 13.7 Å². The van der Waals surface area contributed by atoms with E-state index in [0.29, 0.717) is 12.5 Å². The maximum absolute atomic E-state index is 5.95. The summed E-state index contributed by atoms with van der Waals surface area (Å²) in [4.78, 5) is 11.0. The van der Waals surface area contributed by atoms with Crippen molar-refractivity contribution in [2.75, 3.05) is 33.8 Å². The van der Waals surface area contributed by atoms with Crippen molar-refractivity contribution in [3.8, 4) is 11.5 Å². The Bertz CT molecular complexity index is 708. The van der Waals surface area contributed by atoms with Crippen LogP contribution in [0.25, 0.3) is 0 Å². The van der Waals surface area contributed by atoms with Gasteiger partial charge >= 0.3 is 0 Å². The van der Waals surface area contributed by atoms with Gasteiger partial charge in [-0.1, -0.05) is 0 Å². The Labute approximate surface area is 160 Å². The molecule has 2 heterocycles. The quantitative estimate of drug-likeness (QED) is 0.596. The molecular formula is C19H28N6O2. The minimum absolute atomic E-state index is 0.0156. The van der Waals surface area contributed by atoms with Gasteiger partial charge in [-0.15, -0.1) is 0 Å². The van der Waals surface area contributed by atoms with Crippen molar-refractivity contribution in [3.05, 3.63) is 36.4 Å². The van der Waals surface area contributed by atoms with Crippen LogP contribution in [-0.2, 0) is 0 Å². The summed E-state index contributed by atoms with van der Waals surface area (Å²) in [5.74, 6) is 3.99. The van der Waals surface area contributed by atoms with E-state index in [0.717, 1.165) is 49.2 Å². The van der Waals surface area contributed by atoms with Crippen LogP contribution >= 0.6 is 0 Å². The molecule has 1 fully saturated rings. The molecule has 1 aromatic carbocycles. The Morgan fingerprint density at radius 2 is 2.00 bits per heavy atom. The van der Waals surface area contributed by atoms with E-state index < -0.39 is 0 Å². The third-order valence-corrected chi connectivity index (χ3v) is 4.77. The van der Waals surface area contributed by atoms with E-state index in [4.69, 9.17) is 9.47 Å². The average Bonchev–Trinajstić information content (AvgIpc) is 3.24. The van der Waals surface area contributed by atoms with Gasteiger partial charge in [-0.05, 0) is 44.0 Å². The smallest absolute Gasteiger partial charge is 0.193 e. The van der Waals surface area contributed by atoms with E-state index in [9.17, 15) is 0 Å². The minimum atomic E-state index is 0.0156. The maximum atomic E-state index is 5.95. The van der Waals surface area contributed by atoms with Gasteiger partial charge in [-0.3, -0.25) is 10.1 Å². The number of methoxy groups -OCH3 is 1. The molecule has 1 aliphatic rings. The maximum Gasteiger partial charge on any atom is 0.193 e. The number of ether oxygens (including phenoxy) is 2. The summed E-state index contributed by atoms with van der Waals surface area (Å²) in [6, 6.07) is 7.62. The fourth-order valence-electron chi connectivity index (χ4n) is 3.27. The molecule has 1 unspecified atom stereocenters. The Hall–Kier alpha value is -2.77. The molecule has 8 nitrogen and oxygen atoms in total. The van der Waals surface area contributed by atoms with Crippen LogP contribution in [0.4, 0.5) is 0 Å². The van der Waals surface area contributed by atoms with Crippen LogP contribution in [0.5, 0.6) is 11.5 Å². The van der Waals surface area contributed by atoms with Crippen molar-refractivity contribution < 1.29 is 9.47 Å². The molecule has 3 rings (SSSR count). The van der Waals surface area contributed by atoms with Crippen LogP contribution in [0, 0.1) is 0 Å². The standard InChI is InChI=1S/C19H28N6O2/c1-14(27-17-6-4-16(26-3)5-7-17)12-21-19(20-2)25-10-8-15(9-11-25)18-22-13-23-24-18/h4-7,13-15H,8-12H2,1-3H3,(H,20,21)(H,22,23,24). The lowest BCUT2D eigenvalue weighted by atomic mass is 9.96. The summed E-state index contributed by atoms with van der Waals surface area (Å²) in [7, 11) is 3.47. The number of nitrogens with one attached hydrogen (secondary N) is 2. The van der Waals surface area contributed by atoms with E-state index >= 15 is 0 Å². The number of guanidine groups is 1. The number of piperidine rings is 1. The van der Waals surface area contributed by atoms with Crippen molar-refractivity contribution in [2.24, 2.45) is 4.99 Å². The first-order valence-electron chi connectivity index (χ1n) is 9.31. The van der Waals surface area contributed by atoms with E-state index in [2.05, 4.69) is 30.4 Å². The lowest BCUT2D eigenvalue weighted by molar-refractivity contribution is 0.220. The first kappa shape index (κ1) is 19.0. The SMILES string of the molecule is CN=C(NCC(C)Oc1ccc(OC)cc1)N1CCC(c2ncn[nH]2)CC1. The Morgan fingerprint density at radius 3 is 2.59 bits per heavy atom. The fourth-order valence-corrected chi connectivity index (χ4v) is 3.27. The number of hydrogen-bond acceptors (Lipinski definition) is 5. The summed E-state index contributed by atoms with van der Waals surface area (Å²) in [5, 5.41) is 10.4. The molecule has 1 atom stereocenters. The first-order chi connectivity index (χ1) is 13.2. The van der Waals surface area contributed by atoms with Crippen LogP contribution in [0.15, 0.2) is 35.6 Å². The summed E-state index contributed by atoms with van der Waals surface area (Å²) in [6.07, 6.45) is 3.66. The van der Waals surface area contributed by atoms with Gasteiger partial charge in [0.25, 0.3) is 0 Å². The minimum Gasteiger partial charge on any atom is -0.497 e. The Morgan fingerprint density at radius 1 is 1.30 bits per heavy atom. The molecule has 2 N–H and O–H groups in total. The number of rotatable bonds is 6. The number of likely N-dealkylation sites (tertiary alicyclic amines) is 1. The van der Waals surface area contributed by atoms with Crippen molar-refractivity contribution in [2.45, 2.75) is 31.8 Å². The van der Waals surface area contributed by atoms with Gasteiger partial charge in [-0.2, -0.15) is 5.10 Å². The van der Waals surface area contributed by atoms with Gasteiger partial charge < -0.3 is 19.7 Å². The fraction of sp³-hybridized carbons (Fsp3) is 0.526. The zero-order chi connectivity index (χ0) is 19.1. The summed E-state index contributed by atoms with van der Waals surface area (Å²) >= 11 is 0. The monoisotopic (exact) mass is 372 g/mol. The van der Waals surface area contributed by atoms with Gasteiger partial charge in [0.2, 0.25) is 0 Å². The number of benzene rings is 1. The van der Waals surface area contributed by atoms with Crippen molar-refractivity contribution in [3.63, 3.8) is 0 Å². The lowest BCUT2D eigenvalue weighted by Gasteiger charge is -2.33. The number of aromatic nitrogens is 3. The van der Waals surface area contributed by atoms with Crippen LogP contribution < -0.4 is 14.8 Å². The number of nitrogens with zero attached hydrogens (tertiary/aromatic N) is 4. The highest BCUT2D eigenvalue weighted by Crippen LogP contribution is 2.25. The molecule has 8 heteroatoms. The predicted molar refractivity (Wildman–Crippen MR) is 104 cm³/mol. The molecule has 0 aliphatic carbocycles. The number of aliphatic imine (C=N–C) groups is 1. The van der Waals surface area contributed by atoms with E-state index in [1.54, 1.807) is 13.4 Å². The highest BCUT2D eigenvalue weighted by atomic mass is 16.5. The molecule has 0 spiro atoms. The molecule has 0 saturated carbocycles. The largest absolute Gasteiger partial charge is 0.497 e. The van der Waals surface area contributed by atoms with Gasteiger partial charge in [0.15, 0.2) is 5.96 Å². The van der Waals surface area contributed by atoms with E-state index in [-0.39, 0.29) is 6.10 Å². The number of hydrogen-bond donors (Lipinski definition) is 2. The number of H-pyrrole nitrogens is 1. The molecule has 146 valence electrons. The van der Waals surface area contributed by atoms with Crippen LogP contribution in [0.2, 0.25) is 0 Å². The molecule has 2 aromatic rings. The van der Waals surface area contributed by atoms with Crippen LogP contribution in [0.1, 0.15) is 31.5 Å². The third-order valence-electron chi connectivity index (χ3n) is 4.77. The van der Waals surface area contributed by atoms with Gasteiger partial charge in [0, 0.05) is 26.1 Å². The molecule has 1 aliphatic heterocycles. The molecule has 1 saturated heterocycles. The Balaban J connectivity index is 1.44. The average molecular weight is 372 g/mol. The second kappa shape index (κ2) is 9.25. The normalized spacial score (nSPS) is 16.9. The van der Waals surface area contributed by atoms with Crippen molar-refractivity contribution in [1.82, 2.24) is 25.4 Å². The second-order valence-electron chi connectivity index (χ2n) is 6.66. The van der Waals surface area contributed by atoms with Crippen LogP contribution in [-0.4, -0.2) is 65.9 Å². The van der Waals surface area contributed by atoms with Crippen LogP contribution in [0.3, 0.4) is 0 Å². The highest BCUT2D eigenvalue weighted by molar-refractivity contribution is 5.80. The zero-order valence-electron chi connectivity index (χ0n) is 16.2. The molecule has 27 heavy (non-hydrogen) atoms. The number of aromatic amines is 1. The molecule has 0 amide bonds. The lowest BCUT2D eigenvalue weighted by Crippen LogP contribution is -2.47. The second-order valence-corrected chi connectivity index (χ2v) is 6.66. The van der Waals surface area contributed by atoms with Gasteiger partial charge in [0.1, 0.15) is 29.8 Å². The summed E-state index contributed by atoms with van der Waals surface area (Å²) in [6.45, 7) is 4.61. The third kappa shape index (κ3) is 5.12. The summed E-state index contributed by atoms with van der Waals surface area (Å²) < 4.78 is 11.1.